The molecule has 1 aromatic rings. The van der Waals surface area contributed by atoms with Gasteiger partial charge in [0.2, 0.25) is 0 Å². The first-order chi connectivity index (χ1) is 8.06. The molecular formula is C13H20O3S. The van der Waals surface area contributed by atoms with Gasteiger partial charge in [0.15, 0.2) is 9.84 Å². The van der Waals surface area contributed by atoms with Crippen molar-refractivity contribution in [3.05, 3.63) is 29.8 Å². The van der Waals surface area contributed by atoms with Crippen LogP contribution in [0.4, 0.5) is 0 Å². The van der Waals surface area contributed by atoms with E-state index in [9.17, 15) is 8.42 Å². The SMILES string of the molecule is CCCOCCCS(=O)(=O)c1ccc(C)cc1. The summed E-state index contributed by atoms with van der Waals surface area (Å²) in [5.74, 6) is 0.153. The molecule has 0 radical (unpaired) electrons. The Bertz CT molecular complexity index is 420. The van der Waals surface area contributed by atoms with Crippen molar-refractivity contribution in [2.75, 3.05) is 19.0 Å². The summed E-state index contributed by atoms with van der Waals surface area (Å²) in [5.41, 5.74) is 1.07. The predicted molar refractivity (Wildman–Crippen MR) is 69.0 cm³/mol. The fourth-order valence-electron chi connectivity index (χ4n) is 1.46. The highest BCUT2D eigenvalue weighted by molar-refractivity contribution is 7.91. The molecule has 0 saturated carbocycles. The highest BCUT2D eigenvalue weighted by Gasteiger charge is 2.13. The lowest BCUT2D eigenvalue weighted by Gasteiger charge is -2.05. The van der Waals surface area contributed by atoms with Gasteiger partial charge in [-0.15, -0.1) is 0 Å². The zero-order valence-corrected chi connectivity index (χ0v) is 11.3. The average Bonchev–Trinajstić information content (AvgIpc) is 2.29. The summed E-state index contributed by atoms with van der Waals surface area (Å²) >= 11 is 0. The summed E-state index contributed by atoms with van der Waals surface area (Å²) < 4.78 is 29.1. The zero-order valence-electron chi connectivity index (χ0n) is 10.5. The monoisotopic (exact) mass is 256 g/mol. The maximum atomic E-state index is 11.9. The predicted octanol–water partition coefficient (Wildman–Crippen LogP) is 2.59. The molecule has 0 aromatic heterocycles. The van der Waals surface area contributed by atoms with Gasteiger partial charge in [-0.3, -0.25) is 0 Å². The van der Waals surface area contributed by atoms with E-state index in [4.69, 9.17) is 4.74 Å². The van der Waals surface area contributed by atoms with E-state index in [0.29, 0.717) is 24.5 Å². The topological polar surface area (TPSA) is 43.4 Å². The summed E-state index contributed by atoms with van der Waals surface area (Å²) in [6, 6.07) is 6.97. The highest BCUT2D eigenvalue weighted by Crippen LogP contribution is 2.12. The van der Waals surface area contributed by atoms with E-state index in [1.54, 1.807) is 12.1 Å². The molecule has 0 bridgehead atoms. The molecule has 0 N–H and O–H groups in total. The molecule has 0 aliphatic carbocycles. The second-order valence-electron chi connectivity index (χ2n) is 4.10. The van der Waals surface area contributed by atoms with Crippen molar-refractivity contribution in [1.29, 1.82) is 0 Å². The molecule has 4 heteroatoms. The molecule has 0 atom stereocenters. The van der Waals surface area contributed by atoms with E-state index in [2.05, 4.69) is 0 Å². The number of hydrogen-bond donors (Lipinski definition) is 0. The number of aryl methyl sites for hydroxylation is 1. The molecule has 0 spiro atoms. The Morgan fingerprint density at radius 1 is 1.12 bits per heavy atom. The van der Waals surface area contributed by atoms with Gasteiger partial charge in [0.1, 0.15) is 0 Å². The van der Waals surface area contributed by atoms with Crippen LogP contribution in [0.5, 0.6) is 0 Å². The summed E-state index contributed by atoms with van der Waals surface area (Å²) in [6.07, 6.45) is 1.51. The van der Waals surface area contributed by atoms with E-state index in [1.807, 2.05) is 26.0 Å². The first kappa shape index (κ1) is 14.2. The van der Waals surface area contributed by atoms with Crippen molar-refractivity contribution in [2.45, 2.75) is 31.6 Å². The van der Waals surface area contributed by atoms with Crippen LogP contribution in [0.1, 0.15) is 25.3 Å². The quantitative estimate of drug-likeness (QED) is 0.704. The van der Waals surface area contributed by atoms with E-state index in [-0.39, 0.29) is 5.75 Å². The second kappa shape index (κ2) is 6.77. The van der Waals surface area contributed by atoms with E-state index in [1.165, 1.54) is 0 Å². The smallest absolute Gasteiger partial charge is 0.178 e. The van der Waals surface area contributed by atoms with Gasteiger partial charge in [-0.25, -0.2) is 8.42 Å². The summed E-state index contributed by atoms with van der Waals surface area (Å²) in [5, 5.41) is 0. The zero-order chi connectivity index (χ0) is 12.7. The van der Waals surface area contributed by atoms with Crippen LogP contribution < -0.4 is 0 Å². The Labute approximate surface area is 104 Å². The Kier molecular flexibility index (Phi) is 5.65. The Hall–Kier alpha value is -0.870. The molecule has 0 aliphatic heterocycles. The molecule has 0 unspecified atom stereocenters. The van der Waals surface area contributed by atoms with Crippen molar-refractivity contribution in [3.8, 4) is 0 Å². The Balaban J connectivity index is 2.48. The van der Waals surface area contributed by atoms with Gasteiger partial charge >= 0.3 is 0 Å². The fourth-order valence-corrected chi connectivity index (χ4v) is 2.75. The van der Waals surface area contributed by atoms with Crippen LogP contribution in [0.2, 0.25) is 0 Å². The van der Waals surface area contributed by atoms with Crippen molar-refractivity contribution < 1.29 is 13.2 Å². The lowest BCUT2D eigenvalue weighted by molar-refractivity contribution is 0.136. The molecule has 3 nitrogen and oxygen atoms in total. The fraction of sp³-hybridized carbons (Fsp3) is 0.538. The molecule has 17 heavy (non-hydrogen) atoms. The summed E-state index contributed by atoms with van der Waals surface area (Å²) in [4.78, 5) is 0.401. The Morgan fingerprint density at radius 3 is 2.35 bits per heavy atom. The van der Waals surface area contributed by atoms with Crippen molar-refractivity contribution >= 4 is 9.84 Å². The van der Waals surface area contributed by atoms with Gasteiger partial charge in [-0.05, 0) is 31.9 Å². The molecule has 96 valence electrons. The largest absolute Gasteiger partial charge is 0.381 e. The third kappa shape index (κ3) is 4.88. The molecule has 0 amide bonds. The minimum atomic E-state index is -3.14. The molecule has 1 aromatic carbocycles. The molecule has 0 saturated heterocycles. The van der Waals surface area contributed by atoms with Crippen LogP contribution in [0.3, 0.4) is 0 Å². The lowest BCUT2D eigenvalue weighted by Crippen LogP contribution is -2.09. The van der Waals surface area contributed by atoms with E-state index in [0.717, 1.165) is 12.0 Å². The van der Waals surface area contributed by atoms with Crippen LogP contribution in [0, 0.1) is 6.92 Å². The first-order valence-electron chi connectivity index (χ1n) is 5.93. The standard InChI is InChI=1S/C13H20O3S/c1-3-9-16-10-4-11-17(14,15)13-7-5-12(2)6-8-13/h5-8H,3-4,9-11H2,1-2H3. The number of rotatable bonds is 7. The maximum Gasteiger partial charge on any atom is 0.178 e. The molecule has 0 aliphatic rings. The normalized spacial score (nSPS) is 11.6. The van der Waals surface area contributed by atoms with Gasteiger partial charge in [0, 0.05) is 13.2 Å². The first-order valence-corrected chi connectivity index (χ1v) is 7.58. The highest BCUT2D eigenvalue weighted by atomic mass is 32.2. The van der Waals surface area contributed by atoms with Crippen LogP contribution in [-0.2, 0) is 14.6 Å². The summed E-state index contributed by atoms with van der Waals surface area (Å²) in [7, 11) is -3.14. The van der Waals surface area contributed by atoms with Gasteiger partial charge in [-0.2, -0.15) is 0 Å². The molecular weight excluding hydrogens is 236 g/mol. The van der Waals surface area contributed by atoms with Crippen LogP contribution in [0.15, 0.2) is 29.2 Å². The van der Waals surface area contributed by atoms with Crippen LogP contribution in [0.25, 0.3) is 0 Å². The van der Waals surface area contributed by atoms with Gasteiger partial charge in [0.25, 0.3) is 0 Å². The van der Waals surface area contributed by atoms with Gasteiger partial charge in [0.05, 0.1) is 10.6 Å². The lowest BCUT2D eigenvalue weighted by atomic mass is 10.2. The molecule has 0 heterocycles. The van der Waals surface area contributed by atoms with E-state index >= 15 is 0 Å². The van der Waals surface area contributed by atoms with Crippen LogP contribution >= 0.6 is 0 Å². The second-order valence-corrected chi connectivity index (χ2v) is 6.21. The maximum absolute atomic E-state index is 11.9. The van der Waals surface area contributed by atoms with Gasteiger partial charge in [-0.1, -0.05) is 24.6 Å². The Morgan fingerprint density at radius 2 is 1.76 bits per heavy atom. The number of benzene rings is 1. The third-order valence-corrected chi connectivity index (χ3v) is 4.25. The average molecular weight is 256 g/mol. The minimum absolute atomic E-state index is 0.153. The minimum Gasteiger partial charge on any atom is -0.381 e. The van der Waals surface area contributed by atoms with Crippen LogP contribution in [-0.4, -0.2) is 27.4 Å². The van der Waals surface area contributed by atoms with Crippen molar-refractivity contribution in [1.82, 2.24) is 0 Å². The number of ether oxygens (including phenoxy) is 1. The van der Waals surface area contributed by atoms with Crippen molar-refractivity contribution in [3.63, 3.8) is 0 Å². The summed E-state index contributed by atoms with van der Waals surface area (Å²) in [6.45, 7) is 5.18. The molecule has 0 fully saturated rings. The van der Waals surface area contributed by atoms with Crippen molar-refractivity contribution in [2.24, 2.45) is 0 Å². The molecule has 1 rings (SSSR count). The van der Waals surface area contributed by atoms with Gasteiger partial charge < -0.3 is 4.74 Å². The third-order valence-electron chi connectivity index (χ3n) is 2.43. The van der Waals surface area contributed by atoms with E-state index < -0.39 is 9.84 Å². The number of sulfone groups is 1. The number of hydrogen-bond acceptors (Lipinski definition) is 3.